The molecule has 0 fully saturated rings. The molecule has 3 heteroatoms. The maximum Gasteiger partial charge on any atom is 0.163 e. The Labute approximate surface area is 93.2 Å². The van der Waals surface area contributed by atoms with Crippen molar-refractivity contribution in [3.05, 3.63) is 34.0 Å². The molecule has 0 spiro atoms. The highest BCUT2D eigenvalue weighted by Crippen LogP contribution is 2.29. The van der Waals surface area contributed by atoms with Crippen LogP contribution in [0.2, 0.25) is 5.15 Å². The number of carbonyl (C=O) groups is 1. The number of halogens is 1. The third kappa shape index (κ3) is 1.55. The minimum atomic E-state index is -0.00347. The molecule has 0 bridgehead atoms. The van der Waals surface area contributed by atoms with E-state index in [9.17, 15) is 4.79 Å². The van der Waals surface area contributed by atoms with Crippen molar-refractivity contribution in [1.29, 1.82) is 0 Å². The zero-order valence-corrected chi connectivity index (χ0v) is 9.70. The lowest BCUT2D eigenvalue weighted by molar-refractivity contribution is 0.101. The SMILES string of the molecule is CC(=O)c1c(Cl)[nH]c2c(C)cc(C)cc12. The summed E-state index contributed by atoms with van der Waals surface area (Å²) in [5, 5.41) is 1.36. The smallest absolute Gasteiger partial charge is 0.163 e. The van der Waals surface area contributed by atoms with Crippen LogP contribution in [0.15, 0.2) is 12.1 Å². The molecule has 1 aromatic heterocycles. The summed E-state index contributed by atoms with van der Waals surface area (Å²) in [4.78, 5) is 14.5. The van der Waals surface area contributed by atoms with Crippen LogP contribution in [0.5, 0.6) is 0 Å². The van der Waals surface area contributed by atoms with E-state index in [0.717, 1.165) is 22.0 Å². The van der Waals surface area contributed by atoms with Crippen LogP contribution in [0.4, 0.5) is 0 Å². The summed E-state index contributed by atoms with van der Waals surface area (Å²) in [6.45, 7) is 5.55. The van der Waals surface area contributed by atoms with Crippen LogP contribution in [0.25, 0.3) is 10.9 Å². The van der Waals surface area contributed by atoms with E-state index in [1.807, 2.05) is 19.9 Å². The molecular formula is C12H12ClNO. The number of H-pyrrole nitrogens is 1. The number of fused-ring (bicyclic) bond motifs is 1. The molecule has 2 rings (SSSR count). The summed E-state index contributed by atoms with van der Waals surface area (Å²) in [6.07, 6.45) is 0. The van der Waals surface area contributed by atoms with E-state index in [1.165, 1.54) is 6.92 Å². The zero-order valence-electron chi connectivity index (χ0n) is 8.94. The van der Waals surface area contributed by atoms with Crippen LogP contribution in [-0.4, -0.2) is 10.8 Å². The Balaban J connectivity index is 2.93. The van der Waals surface area contributed by atoms with Crippen molar-refractivity contribution in [2.24, 2.45) is 0 Å². The maximum absolute atomic E-state index is 11.5. The van der Waals surface area contributed by atoms with Crippen LogP contribution < -0.4 is 0 Å². The molecule has 0 aliphatic rings. The van der Waals surface area contributed by atoms with Gasteiger partial charge in [0, 0.05) is 5.39 Å². The van der Waals surface area contributed by atoms with Gasteiger partial charge in [-0.2, -0.15) is 0 Å². The number of aryl methyl sites for hydroxylation is 2. The summed E-state index contributed by atoms with van der Waals surface area (Å²) in [6, 6.07) is 4.06. The molecule has 0 saturated carbocycles. The van der Waals surface area contributed by atoms with E-state index in [2.05, 4.69) is 11.1 Å². The standard InChI is InChI=1S/C12H12ClNO/c1-6-4-7(2)11-9(5-6)10(8(3)15)12(13)14-11/h4-5,14H,1-3H3. The number of nitrogens with one attached hydrogen (secondary N) is 1. The Kier molecular flexibility index (Phi) is 2.31. The highest BCUT2D eigenvalue weighted by atomic mass is 35.5. The second kappa shape index (κ2) is 3.38. The van der Waals surface area contributed by atoms with Gasteiger partial charge in [-0.05, 0) is 32.4 Å². The third-order valence-corrected chi connectivity index (χ3v) is 2.84. The molecule has 15 heavy (non-hydrogen) atoms. The molecule has 0 aliphatic heterocycles. The second-order valence-corrected chi connectivity index (χ2v) is 4.25. The minimum Gasteiger partial charge on any atom is -0.345 e. The van der Waals surface area contributed by atoms with E-state index in [4.69, 9.17) is 11.6 Å². The third-order valence-electron chi connectivity index (χ3n) is 2.56. The molecule has 1 heterocycles. The lowest BCUT2D eigenvalue weighted by Crippen LogP contribution is -1.91. The first kappa shape index (κ1) is 10.2. The van der Waals surface area contributed by atoms with Crippen molar-refractivity contribution >= 4 is 28.3 Å². The lowest BCUT2D eigenvalue weighted by Gasteiger charge is -1.99. The monoisotopic (exact) mass is 221 g/mol. The molecule has 0 aliphatic carbocycles. The largest absolute Gasteiger partial charge is 0.345 e. The van der Waals surface area contributed by atoms with Crippen molar-refractivity contribution in [3.8, 4) is 0 Å². The first-order valence-electron chi connectivity index (χ1n) is 4.80. The van der Waals surface area contributed by atoms with Gasteiger partial charge in [-0.1, -0.05) is 23.2 Å². The fourth-order valence-corrected chi connectivity index (χ4v) is 2.29. The van der Waals surface area contributed by atoms with E-state index in [-0.39, 0.29) is 5.78 Å². The van der Waals surface area contributed by atoms with Crippen LogP contribution in [0.3, 0.4) is 0 Å². The maximum atomic E-state index is 11.5. The molecule has 0 atom stereocenters. The Morgan fingerprint density at radius 2 is 2.00 bits per heavy atom. The quantitative estimate of drug-likeness (QED) is 0.733. The summed E-state index contributed by atoms with van der Waals surface area (Å²) in [7, 11) is 0. The summed E-state index contributed by atoms with van der Waals surface area (Å²) < 4.78 is 0. The number of aromatic nitrogens is 1. The highest BCUT2D eigenvalue weighted by Gasteiger charge is 2.15. The predicted octanol–water partition coefficient (Wildman–Crippen LogP) is 3.64. The Bertz CT molecular complexity index is 554. The average Bonchev–Trinajstić information content (AvgIpc) is 2.41. The predicted molar refractivity (Wildman–Crippen MR) is 62.8 cm³/mol. The summed E-state index contributed by atoms with van der Waals surface area (Å²) >= 11 is 6.01. The molecule has 2 aromatic rings. The van der Waals surface area contributed by atoms with Gasteiger partial charge in [0.15, 0.2) is 5.78 Å². The van der Waals surface area contributed by atoms with Gasteiger partial charge < -0.3 is 4.98 Å². The van der Waals surface area contributed by atoms with Crippen molar-refractivity contribution in [2.75, 3.05) is 0 Å². The van der Waals surface area contributed by atoms with Gasteiger partial charge in [0.25, 0.3) is 0 Å². The summed E-state index contributed by atoms with van der Waals surface area (Å²) in [5.74, 6) is -0.00347. The van der Waals surface area contributed by atoms with Gasteiger partial charge in [0.05, 0.1) is 11.1 Å². The highest BCUT2D eigenvalue weighted by molar-refractivity contribution is 6.35. The number of hydrogen-bond donors (Lipinski definition) is 1. The number of Topliss-reactive ketones (excluding diaryl/α,β-unsaturated/α-hetero) is 1. The number of rotatable bonds is 1. The van der Waals surface area contributed by atoms with Gasteiger partial charge >= 0.3 is 0 Å². The molecule has 1 aromatic carbocycles. The number of benzene rings is 1. The topological polar surface area (TPSA) is 32.9 Å². The van der Waals surface area contributed by atoms with Crippen LogP contribution in [-0.2, 0) is 0 Å². The van der Waals surface area contributed by atoms with E-state index in [0.29, 0.717) is 10.7 Å². The van der Waals surface area contributed by atoms with Crippen molar-refractivity contribution < 1.29 is 4.79 Å². The molecule has 2 nitrogen and oxygen atoms in total. The zero-order chi connectivity index (χ0) is 11.2. The molecular weight excluding hydrogens is 210 g/mol. The molecule has 0 amide bonds. The molecule has 0 radical (unpaired) electrons. The number of aromatic amines is 1. The Morgan fingerprint density at radius 1 is 1.33 bits per heavy atom. The molecule has 0 saturated heterocycles. The first-order valence-corrected chi connectivity index (χ1v) is 5.18. The normalized spacial score (nSPS) is 10.9. The van der Waals surface area contributed by atoms with Crippen LogP contribution in [0.1, 0.15) is 28.4 Å². The first-order chi connectivity index (χ1) is 7.00. The lowest BCUT2D eigenvalue weighted by atomic mass is 10.0. The fraction of sp³-hybridized carbons (Fsp3) is 0.250. The van der Waals surface area contributed by atoms with Gasteiger partial charge in [0.1, 0.15) is 5.15 Å². The van der Waals surface area contributed by atoms with Crippen LogP contribution >= 0.6 is 11.6 Å². The van der Waals surface area contributed by atoms with E-state index < -0.39 is 0 Å². The van der Waals surface area contributed by atoms with Crippen molar-refractivity contribution in [3.63, 3.8) is 0 Å². The minimum absolute atomic E-state index is 0.00347. The Morgan fingerprint density at radius 3 is 2.60 bits per heavy atom. The van der Waals surface area contributed by atoms with Gasteiger partial charge in [0.2, 0.25) is 0 Å². The average molecular weight is 222 g/mol. The van der Waals surface area contributed by atoms with Gasteiger partial charge in [-0.25, -0.2) is 0 Å². The Hall–Kier alpha value is -1.28. The molecule has 0 unspecified atom stereocenters. The number of ketones is 1. The van der Waals surface area contributed by atoms with Crippen molar-refractivity contribution in [1.82, 2.24) is 4.98 Å². The molecule has 78 valence electrons. The van der Waals surface area contributed by atoms with Crippen LogP contribution in [0, 0.1) is 13.8 Å². The number of hydrogen-bond acceptors (Lipinski definition) is 1. The number of carbonyl (C=O) groups excluding carboxylic acids is 1. The summed E-state index contributed by atoms with van der Waals surface area (Å²) in [5.41, 5.74) is 3.80. The van der Waals surface area contributed by atoms with Gasteiger partial charge in [-0.3, -0.25) is 4.79 Å². The second-order valence-electron chi connectivity index (χ2n) is 3.87. The molecule has 1 N–H and O–H groups in total. The fourth-order valence-electron chi connectivity index (χ4n) is 1.97. The van der Waals surface area contributed by atoms with Crippen molar-refractivity contribution in [2.45, 2.75) is 20.8 Å². The van der Waals surface area contributed by atoms with E-state index >= 15 is 0 Å². The van der Waals surface area contributed by atoms with E-state index in [1.54, 1.807) is 0 Å². The van der Waals surface area contributed by atoms with Gasteiger partial charge in [-0.15, -0.1) is 0 Å².